The first-order chi connectivity index (χ1) is 27.1. The Bertz CT molecular complexity index is 2590. The zero-order valence-corrected chi connectivity index (χ0v) is 32.4. The first kappa shape index (κ1) is 37.1. The number of carbonyl (C=O) groups excluding carboxylic acids is 4. The SMILES string of the molecule is C[C@@H]1CNc2c(sc3ccc4nc(-c5cccc(CNC(=O)CCCCCCCc6ccc7c(c6)n(C)c(=O)n7C6CCC(=O)NC6=O)c5)ccc4c23)C(=O)N1. The smallest absolute Gasteiger partial charge is 0.329 e. The zero-order chi connectivity index (χ0) is 38.9. The number of unbranched alkanes of at least 4 members (excludes halogenated alkanes) is 4. The highest BCUT2D eigenvalue weighted by Gasteiger charge is 2.31. The number of fused-ring (bicyclic) bond motifs is 6. The monoisotopic (exact) mass is 771 g/mol. The van der Waals surface area contributed by atoms with E-state index in [0.29, 0.717) is 36.3 Å². The van der Waals surface area contributed by atoms with Crippen LogP contribution in [0.4, 0.5) is 5.69 Å². The van der Waals surface area contributed by atoms with Crippen LogP contribution in [0, 0.1) is 0 Å². The van der Waals surface area contributed by atoms with Gasteiger partial charge >= 0.3 is 5.69 Å². The molecule has 1 fully saturated rings. The molecule has 3 aromatic carbocycles. The number of nitrogens with one attached hydrogen (secondary N) is 4. The highest BCUT2D eigenvalue weighted by Crippen LogP contribution is 2.41. The van der Waals surface area contributed by atoms with E-state index in [1.54, 1.807) is 11.6 Å². The third kappa shape index (κ3) is 7.43. The number of benzene rings is 3. The molecule has 12 nitrogen and oxygen atoms in total. The predicted molar refractivity (Wildman–Crippen MR) is 220 cm³/mol. The number of imidazole rings is 1. The average Bonchev–Trinajstić information content (AvgIpc) is 3.64. The molecule has 4 amide bonds. The molecule has 8 rings (SSSR count). The van der Waals surface area contributed by atoms with Crippen LogP contribution in [0.5, 0.6) is 0 Å². The molecule has 5 heterocycles. The summed E-state index contributed by atoms with van der Waals surface area (Å²) in [4.78, 5) is 68.4. The predicted octanol–water partition coefficient (Wildman–Crippen LogP) is 6.49. The topological polar surface area (TPSA) is 156 Å². The number of piperidine rings is 1. The molecule has 6 aromatic rings. The van der Waals surface area contributed by atoms with Crippen LogP contribution in [0.25, 0.3) is 43.3 Å². The molecule has 4 N–H and O–H groups in total. The minimum atomic E-state index is -0.687. The summed E-state index contributed by atoms with van der Waals surface area (Å²) in [6.07, 6.45) is 6.76. The molecule has 3 aromatic heterocycles. The zero-order valence-electron chi connectivity index (χ0n) is 31.6. The van der Waals surface area contributed by atoms with Crippen molar-refractivity contribution in [2.75, 3.05) is 11.9 Å². The molecule has 0 spiro atoms. The fraction of sp³-hybridized carbons (Fsp3) is 0.349. The van der Waals surface area contributed by atoms with Gasteiger partial charge in [-0.1, -0.05) is 43.5 Å². The first-order valence-electron chi connectivity index (χ1n) is 19.4. The van der Waals surface area contributed by atoms with E-state index in [1.165, 1.54) is 15.9 Å². The van der Waals surface area contributed by atoms with E-state index in [2.05, 4.69) is 33.4 Å². The van der Waals surface area contributed by atoms with Crippen LogP contribution in [0.3, 0.4) is 0 Å². The largest absolute Gasteiger partial charge is 0.381 e. The second-order valence-electron chi connectivity index (χ2n) is 15.0. The quantitative estimate of drug-likeness (QED) is 0.0819. The lowest BCUT2D eigenvalue weighted by Gasteiger charge is -2.21. The summed E-state index contributed by atoms with van der Waals surface area (Å²) in [5, 5.41) is 14.0. The van der Waals surface area contributed by atoms with Crippen LogP contribution in [0.1, 0.15) is 85.1 Å². The number of imide groups is 1. The lowest BCUT2D eigenvalue weighted by molar-refractivity contribution is -0.135. The van der Waals surface area contributed by atoms with Gasteiger partial charge < -0.3 is 16.0 Å². The van der Waals surface area contributed by atoms with E-state index in [1.807, 2.05) is 61.5 Å². The van der Waals surface area contributed by atoms with Crippen molar-refractivity contribution in [2.45, 2.75) is 83.3 Å². The van der Waals surface area contributed by atoms with Crippen LogP contribution in [0.2, 0.25) is 0 Å². The number of thiophene rings is 1. The fourth-order valence-corrected chi connectivity index (χ4v) is 9.05. The summed E-state index contributed by atoms with van der Waals surface area (Å²) < 4.78 is 4.13. The molecular formula is C43H45N7O5S. The van der Waals surface area contributed by atoms with Crippen molar-refractivity contribution in [3.63, 3.8) is 0 Å². The summed E-state index contributed by atoms with van der Waals surface area (Å²) in [5.41, 5.74) is 6.92. The first-order valence-corrected chi connectivity index (χ1v) is 20.3. The Morgan fingerprint density at radius 3 is 2.62 bits per heavy atom. The van der Waals surface area contributed by atoms with Crippen molar-refractivity contribution < 1.29 is 19.2 Å². The summed E-state index contributed by atoms with van der Waals surface area (Å²) in [6, 6.07) is 21.6. The molecule has 2 aliphatic rings. The number of aryl methyl sites for hydroxylation is 2. The van der Waals surface area contributed by atoms with E-state index >= 15 is 0 Å². The number of nitrogens with zero attached hydrogens (tertiary/aromatic N) is 3. The van der Waals surface area contributed by atoms with Crippen molar-refractivity contribution in [3.8, 4) is 11.3 Å². The number of carbonyl (C=O) groups is 4. The number of amides is 4. The van der Waals surface area contributed by atoms with Crippen molar-refractivity contribution in [2.24, 2.45) is 7.05 Å². The minimum absolute atomic E-state index is 0.0398. The van der Waals surface area contributed by atoms with Gasteiger partial charge in [0, 0.05) is 60.1 Å². The lowest BCUT2D eigenvalue weighted by Crippen LogP contribution is -2.44. The molecule has 0 radical (unpaired) electrons. The van der Waals surface area contributed by atoms with Crippen LogP contribution in [-0.4, -0.2) is 50.3 Å². The molecule has 56 heavy (non-hydrogen) atoms. The highest BCUT2D eigenvalue weighted by atomic mass is 32.1. The van der Waals surface area contributed by atoms with Gasteiger partial charge in [-0.05, 0) is 86.2 Å². The van der Waals surface area contributed by atoms with Gasteiger partial charge in [-0.15, -0.1) is 11.3 Å². The summed E-state index contributed by atoms with van der Waals surface area (Å²) in [6.45, 7) is 3.10. The van der Waals surface area contributed by atoms with Gasteiger partial charge in [-0.25, -0.2) is 9.78 Å². The minimum Gasteiger partial charge on any atom is -0.381 e. The number of rotatable bonds is 12. The third-order valence-electron chi connectivity index (χ3n) is 10.9. The Morgan fingerprint density at radius 1 is 0.929 bits per heavy atom. The Hall–Kier alpha value is -5.82. The van der Waals surface area contributed by atoms with Gasteiger partial charge in [0.05, 0.1) is 27.9 Å². The van der Waals surface area contributed by atoms with Gasteiger partial charge in [0.2, 0.25) is 17.7 Å². The maximum absolute atomic E-state index is 13.0. The molecule has 13 heteroatoms. The van der Waals surface area contributed by atoms with E-state index in [-0.39, 0.29) is 35.9 Å². The summed E-state index contributed by atoms with van der Waals surface area (Å²) in [5.74, 6) is -0.738. The van der Waals surface area contributed by atoms with Crippen molar-refractivity contribution in [1.29, 1.82) is 0 Å². The van der Waals surface area contributed by atoms with E-state index in [4.69, 9.17) is 4.98 Å². The number of hydrogen-bond donors (Lipinski definition) is 4. The number of pyridine rings is 1. The van der Waals surface area contributed by atoms with Gasteiger partial charge in [0.25, 0.3) is 5.91 Å². The number of hydrogen-bond acceptors (Lipinski definition) is 8. The third-order valence-corrected chi connectivity index (χ3v) is 12.1. The van der Waals surface area contributed by atoms with E-state index in [9.17, 15) is 24.0 Å². The molecule has 2 aliphatic heterocycles. The summed E-state index contributed by atoms with van der Waals surface area (Å²) >= 11 is 1.50. The average molecular weight is 772 g/mol. The molecule has 0 aliphatic carbocycles. The van der Waals surface area contributed by atoms with Gasteiger partial charge in [-0.2, -0.15) is 0 Å². The second-order valence-corrected chi connectivity index (χ2v) is 16.1. The second kappa shape index (κ2) is 15.7. The molecule has 1 saturated heterocycles. The maximum Gasteiger partial charge on any atom is 0.329 e. The number of anilines is 1. The van der Waals surface area contributed by atoms with Crippen molar-refractivity contribution >= 4 is 72.7 Å². The van der Waals surface area contributed by atoms with Gasteiger partial charge in [0.1, 0.15) is 10.9 Å². The molecule has 2 atom stereocenters. The van der Waals surface area contributed by atoms with Gasteiger partial charge in [-0.3, -0.25) is 33.6 Å². The van der Waals surface area contributed by atoms with Crippen LogP contribution < -0.4 is 27.0 Å². The molecular weight excluding hydrogens is 727 g/mol. The molecule has 0 saturated carbocycles. The van der Waals surface area contributed by atoms with Crippen LogP contribution >= 0.6 is 11.3 Å². The molecule has 1 unspecified atom stereocenters. The molecule has 288 valence electrons. The highest BCUT2D eigenvalue weighted by molar-refractivity contribution is 7.21. The fourth-order valence-electron chi connectivity index (χ4n) is 7.96. The van der Waals surface area contributed by atoms with E-state index in [0.717, 1.165) is 93.1 Å². The Balaban J connectivity index is 0.797. The Kier molecular flexibility index (Phi) is 10.4. The molecule has 0 bridgehead atoms. The Labute approximate surface area is 327 Å². The van der Waals surface area contributed by atoms with Crippen LogP contribution in [-0.2, 0) is 34.4 Å². The van der Waals surface area contributed by atoms with Crippen molar-refractivity contribution in [1.82, 2.24) is 30.1 Å². The standard InChI is InChI=1S/C43H45N7O5S/c1-25-23-45-39-38-29-14-15-30(47-31(29)16-19-35(38)56-40(39)42(54)46-25)28-11-8-10-27(21-28)24-44-36(51)12-7-5-3-4-6-9-26-13-17-32-34(22-26)49(2)43(55)50(32)33-18-20-37(52)48-41(33)53/h8,10-11,13-17,19,21-22,25,33,45H,3-7,9,12,18,20,23-24H2,1-2H3,(H,44,51)(H,46,54)(H,48,52,53)/t25-,33?/m1/s1. The normalized spacial score (nSPS) is 17.1. The van der Waals surface area contributed by atoms with Crippen LogP contribution in [0.15, 0.2) is 71.5 Å². The summed E-state index contributed by atoms with van der Waals surface area (Å²) in [7, 11) is 1.71. The van der Waals surface area contributed by atoms with Crippen molar-refractivity contribution in [3.05, 3.63) is 93.2 Å². The number of aromatic nitrogens is 3. The van der Waals surface area contributed by atoms with E-state index < -0.39 is 11.9 Å². The Morgan fingerprint density at radius 2 is 1.77 bits per heavy atom. The maximum atomic E-state index is 13.0. The van der Waals surface area contributed by atoms with Gasteiger partial charge in [0.15, 0.2) is 0 Å². The lowest BCUT2D eigenvalue weighted by atomic mass is 10.0.